The molecule has 0 spiro atoms. The van der Waals surface area contributed by atoms with Gasteiger partial charge in [0.1, 0.15) is 5.69 Å². The molecule has 0 saturated carbocycles. The molecule has 0 amide bonds. The number of aryl methyl sites for hydroxylation is 1. The molecule has 9 heteroatoms. The van der Waals surface area contributed by atoms with Crippen molar-refractivity contribution in [3.63, 3.8) is 0 Å². The lowest BCUT2D eigenvalue weighted by Gasteiger charge is -2.23. The number of hydrogen-bond acceptors (Lipinski definition) is 5. The number of aromatic nitrogens is 6. The van der Waals surface area contributed by atoms with Gasteiger partial charge in [-0.25, -0.2) is 0 Å². The van der Waals surface area contributed by atoms with Gasteiger partial charge in [0.05, 0.1) is 11.5 Å². The van der Waals surface area contributed by atoms with Crippen LogP contribution in [0.4, 0.5) is 17.2 Å². The minimum Gasteiger partial charge on any atom is -0.509 e. The topological polar surface area (TPSA) is 111 Å². The van der Waals surface area contributed by atoms with Crippen LogP contribution in [-0.4, -0.2) is 22.2 Å². The maximum absolute atomic E-state index is 4.55. The summed E-state index contributed by atoms with van der Waals surface area (Å²) in [5, 5.41) is 28.2. The number of rotatable bonds is 3. The predicted octanol–water partition coefficient (Wildman–Crippen LogP) is 2.82. The monoisotopic (exact) mass is 356 g/mol. The molecule has 3 rings (SSSR count). The number of anilines is 1. The summed E-state index contributed by atoms with van der Waals surface area (Å²) in [7, 11) is 1.85. The van der Waals surface area contributed by atoms with E-state index >= 15 is 0 Å². The third kappa shape index (κ3) is 3.09. The van der Waals surface area contributed by atoms with Crippen LogP contribution in [0.15, 0.2) is 10.2 Å². The Morgan fingerprint density at radius 1 is 1.04 bits per heavy atom. The first-order valence-corrected chi connectivity index (χ1v) is 8.61. The Balaban J connectivity index is 2.10. The lowest BCUT2D eigenvalue weighted by atomic mass is 9.91. The highest BCUT2D eigenvalue weighted by Gasteiger charge is 2.24. The van der Waals surface area contributed by atoms with Crippen molar-refractivity contribution in [2.75, 3.05) is 12.4 Å². The Morgan fingerprint density at radius 3 is 2.31 bits per heavy atom. The average Bonchev–Trinajstić information content (AvgIpc) is 3.15. The van der Waals surface area contributed by atoms with Crippen molar-refractivity contribution in [3.05, 3.63) is 17.2 Å². The molecule has 3 heterocycles. The highest BCUT2D eigenvalue weighted by atomic mass is 15.5. The van der Waals surface area contributed by atoms with Gasteiger partial charge in [0.2, 0.25) is 5.82 Å². The molecular formula is C17H26N9-. The van der Waals surface area contributed by atoms with Crippen LogP contribution >= 0.6 is 0 Å². The number of nitrogens with zero attached hydrogens (tertiary/aromatic N) is 7. The lowest BCUT2D eigenvalue weighted by molar-refractivity contribution is -0.649. The van der Waals surface area contributed by atoms with Crippen LogP contribution < -0.4 is 20.1 Å². The summed E-state index contributed by atoms with van der Waals surface area (Å²) in [5.74, 6) is 1.16. The van der Waals surface area contributed by atoms with Gasteiger partial charge in [-0.2, -0.15) is 5.10 Å². The van der Waals surface area contributed by atoms with Crippen LogP contribution in [0.5, 0.6) is 0 Å². The molecule has 3 aromatic heterocycles. The van der Waals surface area contributed by atoms with Crippen LogP contribution in [0.3, 0.4) is 0 Å². The van der Waals surface area contributed by atoms with Gasteiger partial charge in [0.15, 0.2) is 5.69 Å². The second-order valence-electron chi connectivity index (χ2n) is 8.42. The van der Waals surface area contributed by atoms with Gasteiger partial charge in [-0.15, -0.1) is 10.2 Å². The van der Waals surface area contributed by atoms with E-state index in [2.05, 4.69) is 82.5 Å². The molecule has 0 radical (unpaired) electrons. The van der Waals surface area contributed by atoms with Crippen LogP contribution in [-0.2, 0) is 10.8 Å². The van der Waals surface area contributed by atoms with E-state index in [0.717, 1.165) is 17.1 Å². The van der Waals surface area contributed by atoms with Gasteiger partial charge in [-0.1, -0.05) is 52.2 Å². The third-order valence-electron chi connectivity index (χ3n) is 4.03. The zero-order chi connectivity index (χ0) is 19.3. The molecule has 0 aliphatic rings. The van der Waals surface area contributed by atoms with E-state index in [1.165, 1.54) is 4.63 Å². The van der Waals surface area contributed by atoms with Gasteiger partial charge in [-0.05, 0) is 12.3 Å². The van der Waals surface area contributed by atoms with Crippen molar-refractivity contribution in [1.82, 2.24) is 25.4 Å². The van der Waals surface area contributed by atoms with Crippen molar-refractivity contribution in [3.8, 4) is 0 Å². The Bertz CT molecular complexity index is 957. The first-order chi connectivity index (χ1) is 12.0. The Kier molecular flexibility index (Phi) is 4.12. The summed E-state index contributed by atoms with van der Waals surface area (Å²) in [5.41, 5.74) is 3.55. The molecule has 0 bridgehead atoms. The standard InChI is InChI=1S/C17H26N9/c1-9-19-15-11(13(17(5,6)7)25-26(15)24-9)20-22-14-10(18-8)12(21-23-14)16(2,3)4/h18H,1-8H3,(H-,19,21,23,24)/q-1. The molecular weight excluding hydrogens is 330 g/mol. The van der Waals surface area contributed by atoms with Crippen LogP contribution in [0.25, 0.3) is 5.65 Å². The molecule has 3 aromatic rings. The maximum atomic E-state index is 4.55. The number of nitrogens with one attached hydrogen (secondary N) is 2. The molecule has 0 aromatic carbocycles. The average molecular weight is 356 g/mol. The van der Waals surface area contributed by atoms with Gasteiger partial charge < -0.3 is 20.1 Å². The molecule has 140 valence electrons. The molecule has 0 aliphatic carbocycles. The predicted molar refractivity (Wildman–Crippen MR) is 98.5 cm³/mol. The zero-order valence-electron chi connectivity index (χ0n) is 16.6. The first-order valence-electron chi connectivity index (χ1n) is 8.61. The number of hydrogen-bond donors (Lipinski definition) is 2. The fourth-order valence-electron chi connectivity index (χ4n) is 2.75. The minimum absolute atomic E-state index is 0.0884. The second kappa shape index (κ2) is 5.93. The van der Waals surface area contributed by atoms with E-state index in [4.69, 9.17) is 0 Å². The summed E-state index contributed by atoms with van der Waals surface area (Å²) < 4.78 is 1.52. The molecule has 0 fully saturated rings. The summed E-state index contributed by atoms with van der Waals surface area (Å²) >= 11 is 0. The summed E-state index contributed by atoms with van der Waals surface area (Å²) in [6, 6.07) is 0. The van der Waals surface area contributed by atoms with E-state index < -0.39 is 0 Å². The Morgan fingerprint density at radius 2 is 1.73 bits per heavy atom. The minimum atomic E-state index is -0.210. The summed E-state index contributed by atoms with van der Waals surface area (Å²) in [6.45, 7) is 14.4. The van der Waals surface area contributed by atoms with Crippen LogP contribution in [0, 0.1) is 6.92 Å². The molecule has 2 N–H and O–H groups in total. The SMILES string of the molecule is CNc1c(N=Nc2c(C(C)(C)C)[n-][n+]3[n-]c(C)nc23)n[nH]c1C(C)(C)C. The van der Waals surface area contributed by atoms with Crippen molar-refractivity contribution >= 4 is 22.8 Å². The van der Waals surface area contributed by atoms with E-state index in [1.807, 2.05) is 14.0 Å². The molecule has 26 heavy (non-hydrogen) atoms. The highest BCUT2D eigenvalue weighted by molar-refractivity contribution is 5.67. The Hall–Kier alpha value is -2.71. The Labute approximate surface area is 152 Å². The molecule has 0 saturated heterocycles. The summed E-state index contributed by atoms with van der Waals surface area (Å²) in [4.78, 5) is 4.44. The van der Waals surface area contributed by atoms with Gasteiger partial charge in [0.25, 0.3) is 0 Å². The van der Waals surface area contributed by atoms with Crippen molar-refractivity contribution in [2.45, 2.75) is 59.3 Å². The molecule has 0 atom stereocenters. The lowest BCUT2D eigenvalue weighted by Crippen LogP contribution is -2.31. The number of azo groups is 1. The van der Waals surface area contributed by atoms with Crippen molar-refractivity contribution < 1.29 is 4.63 Å². The van der Waals surface area contributed by atoms with Crippen molar-refractivity contribution in [1.29, 1.82) is 0 Å². The van der Waals surface area contributed by atoms with E-state index in [1.54, 1.807) is 0 Å². The molecule has 0 unspecified atom stereocenters. The summed E-state index contributed by atoms with van der Waals surface area (Å²) in [6.07, 6.45) is 0. The molecule has 0 aliphatic heterocycles. The fourth-order valence-corrected chi connectivity index (χ4v) is 2.75. The smallest absolute Gasteiger partial charge is 0.325 e. The van der Waals surface area contributed by atoms with Crippen LogP contribution in [0.1, 0.15) is 58.8 Å². The largest absolute Gasteiger partial charge is 0.509 e. The normalized spacial score (nSPS) is 13.2. The maximum Gasteiger partial charge on any atom is 0.325 e. The highest BCUT2D eigenvalue weighted by Crippen LogP contribution is 2.36. The van der Waals surface area contributed by atoms with E-state index in [0.29, 0.717) is 23.0 Å². The zero-order valence-corrected chi connectivity index (χ0v) is 16.6. The number of fused-ring (bicyclic) bond motifs is 1. The van der Waals surface area contributed by atoms with Crippen molar-refractivity contribution in [2.24, 2.45) is 10.2 Å². The van der Waals surface area contributed by atoms with E-state index in [-0.39, 0.29) is 10.8 Å². The van der Waals surface area contributed by atoms with Gasteiger partial charge in [0, 0.05) is 12.5 Å². The van der Waals surface area contributed by atoms with E-state index in [9.17, 15) is 0 Å². The third-order valence-corrected chi connectivity index (χ3v) is 4.03. The van der Waals surface area contributed by atoms with Gasteiger partial charge >= 0.3 is 5.65 Å². The van der Waals surface area contributed by atoms with Gasteiger partial charge in [-0.3, -0.25) is 5.10 Å². The quantitative estimate of drug-likeness (QED) is 0.554. The number of aromatic amines is 1. The fraction of sp³-hybridized carbons (Fsp3) is 0.588. The first kappa shape index (κ1) is 18.1. The second-order valence-corrected chi connectivity index (χ2v) is 8.42. The van der Waals surface area contributed by atoms with Crippen LogP contribution in [0.2, 0.25) is 0 Å². The molecule has 9 nitrogen and oxygen atoms in total. The number of H-pyrrole nitrogens is 1.